The lowest BCUT2D eigenvalue weighted by Gasteiger charge is -2.09. The first kappa shape index (κ1) is 10.0. The highest BCUT2D eigenvalue weighted by atomic mass is 16.6. The molecule has 0 fully saturated rings. The molecule has 1 aromatic carbocycles. The molecule has 0 radical (unpaired) electrons. The van der Waals surface area contributed by atoms with E-state index in [1.54, 1.807) is 7.11 Å². The van der Waals surface area contributed by atoms with Crippen molar-refractivity contribution in [1.29, 1.82) is 0 Å². The Morgan fingerprint density at radius 1 is 1.33 bits per heavy atom. The van der Waals surface area contributed by atoms with Gasteiger partial charge in [0.05, 0.1) is 19.2 Å². The van der Waals surface area contributed by atoms with E-state index in [-0.39, 0.29) is 0 Å². The Bertz CT molecular complexity index is 477. The normalized spacial score (nSPS) is 10.9. The minimum Gasteiger partial charge on any atom is -0.496 e. The van der Waals surface area contributed by atoms with Crippen molar-refractivity contribution in [2.24, 2.45) is 12.9 Å². The third-order valence-corrected chi connectivity index (χ3v) is 2.54. The van der Waals surface area contributed by atoms with Gasteiger partial charge in [-0.15, -0.1) is 0 Å². The molecule has 0 bridgehead atoms. The fourth-order valence-corrected chi connectivity index (χ4v) is 1.81. The van der Waals surface area contributed by atoms with E-state index in [0.29, 0.717) is 6.61 Å². The number of fused-ring (bicyclic) bond motifs is 1. The van der Waals surface area contributed by atoms with Crippen LogP contribution in [-0.4, -0.2) is 11.7 Å². The maximum Gasteiger partial charge on any atom is 0.133 e. The number of ether oxygens (including phenoxy) is 1. The number of benzene rings is 1. The van der Waals surface area contributed by atoms with Gasteiger partial charge < -0.3 is 9.30 Å². The summed E-state index contributed by atoms with van der Waals surface area (Å²) in [5.74, 6) is 5.90. The van der Waals surface area contributed by atoms with Crippen LogP contribution < -0.4 is 10.6 Å². The Labute approximate surface area is 88.1 Å². The lowest BCUT2D eigenvalue weighted by molar-refractivity contribution is 0.122. The second kappa shape index (κ2) is 3.92. The number of aryl methyl sites for hydroxylation is 1. The summed E-state index contributed by atoms with van der Waals surface area (Å²) in [6.07, 6.45) is 2.00. The van der Waals surface area contributed by atoms with Gasteiger partial charge in [-0.1, -0.05) is 6.07 Å². The number of nitrogens with zero attached hydrogens (tertiary/aromatic N) is 1. The Hall–Kier alpha value is -1.52. The molecule has 0 amide bonds. The lowest BCUT2D eigenvalue weighted by Crippen LogP contribution is -2.01. The Kier molecular flexibility index (Phi) is 2.62. The molecule has 0 aliphatic carbocycles. The molecule has 0 saturated heterocycles. The van der Waals surface area contributed by atoms with Crippen LogP contribution in [0.2, 0.25) is 0 Å². The van der Waals surface area contributed by atoms with Crippen molar-refractivity contribution in [3.8, 4) is 5.75 Å². The average molecular weight is 206 g/mol. The molecule has 1 heterocycles. The van der Waals surface area contributed by atoms with E-state index >= 15 is 0 Å². The second-order valence-corrected chi connectivity index (χ2v) is 3.43. The predicted octanol–water partition coefficient (Wildman–Crippen LogP) is 1.58. The summed E-state index contributed by atoms with van der Waals surface area (Å²) in [6.45, 7) is 0.355. The molecule has 0 aliphatic heterocycles. The van der Waals surface area contributed by atoms with Crippen molar-refractivity contribution in [3.63, 3.8) is 0 Å². The molecule has 0 atom stereocenters. The van der Waals surface area contributed by atoms with E-state index in [1.165, 1.54) is 0 Å². The standard InChI is InChI=1S/C11H14N2O2/c1-13-6-5-9-10(13)4-3-8(7-15-12)11(9)14-2/h3-6H,7,12H2,1-2H3. The van der Waals surface area contributed by atoms with Crippen LogP contribution in [0.15, 0.2) is 24.4 Å². The van der Waals surface area contributed by atoms with E-state index in [0.717, 1.165) is 22.2 Å². The average Bonchev–Trinajstić information content (AvgIpc) is 2.61. The zero-order chi connectivity index (χ0) is 10.8. The molecule has 1 aromatic heterocycles. The number of aromatic nitrogens is 1. The summed E-state index contributed by atoms with van der Waals surface area (Å²) in [7, 11) is 3.66. The first-order valence-corrected chi connectivity index (χ1v) is 4.70. The molecule has 4 nitrogen and oxygen atoms in total. The molecule has 4 heteroatoms. The lowest BCUT2D eigenvalue weighted by atomic mass is 10.1. The highest BCUT2D eigenvalue weighted by Crippen LogP contribution is 2.30. The largest absolute Gasteiger partial charge is 0.496 e. The zero-order valence-electron chi connectivity index (χ0n) is 8.86. The van der Waals surface area contributed by atoms with Crippen molar-refractivity contribution < 1.29 is 9.57 Å². The van der Waals surface area contributed by atoms with Gasteiger partial charge in [0.2, 0.25) is 0 Å². The summed E-state index contributed by atoms with van der Waals surface area (Å²) in [6, 6.07) is 6.02. The van der Waals surface area contributed by atoms with Crippen molar-refractivity contribution in [2.75, 3.05) is 7.11 Å². The third kappa shape index (κ3) is 1.58. The monoisotopic (exact) mass is 206 g/mol. The van der Waals surface area contributed by atoms with Gasteiger partial charge in [-0.3, -0.25) is 4.84 Å². The second-order valence-electron chi connectivity index (χ2n) is 3.43. The fourth-order valence-electron chi connectivity index (χ4n) is 1.81. The van der Waals surface area contributed by atoms with Gasteiger partial charge in [0, 0.05) is 24.2 Å². The van der Waals surface area contributed by atoms with Gasteiger partial charge >= 0.3 is 0 Å². The van der Waals surface area contributed by atoms with Gasteiger partial charge in [-0.05, 0) is 12.1 Å². The van der Waals surface area contributed by atoms with Crippen molar-refractivity contribution in [3.05, 3.63) is 30.0 Å². The van der Waals surface area contributed by atoms with Crippen LogP contribution >= 0.6 is 0 Å². The predicted molar refractivity (Wildman–Crippen MR) is 58.4 cm³/mol. The van der Waals surface area contributed by atoms with Crippen LogP contribution in [0, 0.1) is 0 Å². The van der Waals surface area contributed by atoms with E-state index in [4.69, 9.17) is 10.6 Å². The van der Waals surface area contributed by atoms with Gasteiger partial charge in [0.25, 0.3) is 0 Å². The molecule has 0 saturated carbocycles. The number of methoxy groups -OCH3 is 1. The Morgan fingerprint density at radius 2 is 2.13 bits per heavy atom. The van der Waals surface area contributed by atoms with Crippen molar-refractivity contribution in [2.45, 2.75) is 6.61 Å². The van der Waals surface area contributed by atoms with Crippen LogP contribution in [0.4, 0.5) is 0 Å². The van der Waals surface area contributed by atoms with Crippen molar-refractivity contribution in [1.82, 2.24) is 4.57 Å². The minimum absolute atomic E-state index is 0.355. The zero-order valence-corrected chi connectivity index (χ0v) is 8.86. The Morgan fingerprint density at radius 3 is 2.80 bits per heavy atom. The molecule has 0 spiro atoms. The van der Waals surface area contributed by atoms with E-state index in [9.17, 15) is 0 Å². The summed E-state index contributed by atoms with van der Waals surface area (Å²) < 4.78 is 7.42. The molecule has 2 N–H and O–H groups in total. The maximum absolute atomic E-state index is 5.38. The van der Waals surface area contributed by atoms with Crippen molar-refractivity contribution >= 4 is 10.9 Å². The van der Waals surface area contributed by atoms with Gasteiger partial charge in [-0.25, -0.2) is 5.90 Å². The van der Waals surface area contributed by atoms with Crippen LogP contribution in [0.25, 0.3) is 10.9 Å². The molecule has 2 aromatic rings. The number of nitrogens with two attached hydrogens (primary N) is 1. The van der Waals surface area contributed by atoms with Gasteiger partial charge in [0.15, 0.2) is 0 Å². The van der Waals surface area contributed by atoms with E-state index in [2.05, 4.69) is 4.84 Å². The Balaban J connectivity index is 2.65. The first-order valence-electron chi connectivity index (χ1n) is 4.70. The smallest absolute Gasteiger partial charge is 0.133 e. The van der Waals surface area contributed by atoms with Gasteiger partial charge in [-0.2, -0.15) is 0 Å². The molecular formula is C11H14N2O2. The number of hydrogen-bond donors (Lipinski definition) is 1. The van der Waals surface area contributed by atoms with Crippen LogP contribution in [-0.2, 0) is 18.5 Å². The summed E-state index contributed by atoms with van der Waals surface area (Å²) in [5, 5.41) is 1.08. The molecule has 15 heavy (non-hydrogen) atoms. The van der Waals surface area contributed by atoms with Crippen LogP contribution in [0.3, 0.4) is 0 Å². The fraction of sp³-hybridized carbons (Fsp3) is 0.273. The SMILES string of the molecule is COc1c(CON)ccc2c1ccn2C. The number of hydrogen-bond acceptors (Lipinski definition) is 3. The van der Waals surface area contributed by atoms with Crippen LogP contribution in [0.5, 0.6) is 5.75 Å². The van der Waals surface area contributed by atoms with Gasteiger partial charge in [0.1, 0.15) is 5.75 Å². The molecule has 80 valence electrons. The topological polar surface area (TPSA) is 49.4 Å². The number of rotatable bonds is 3. The first-order chi connectivity index (χ1) is 7.27. The molecule has 2 rings (SSSR count). The third-order valence-electron chi connectivity index (χ3n) is 2.54. The van der Waals surface area contributed by atoms with Crippen LogP contribution in [0.1, 0.15) is 5.56 Å². The highest BCUT2D eigenvalue weighted by Gasteiger charge is 2.09. The summed E-state index contributed by atoms with van der Waals surface area (Å²) >= 11 is 0. The van der Waals surface area contributed by atoms with E-state index in [1.807, 2.05) is 36.0 Å². The highest BCUT2D eigenvalue weighted by molar-refractivity contribution is 5.87. The van der Waals surface area contributed by atoms with E-state index < -0.39 is 0 Å². The quantitative estimate of drug-likeness (QED) is 0.775. The maximum atomic E-state index is 5.38. The summed E-state index contributed by atoms with van der Waals surface area (Å²) in [5.41, 5.74) is 2.09. The molecular weight excluding hydrogens is 192 g/mol. The molecule has 0 unspecified atom stereocenters. The minimum atomic E-state index is 0.355. The molecule has 0 aliphatic rings. The summed E-state index contributed by atoms with van der Waals surface area (Å²) in [4.78, 5) is 4.64.